The van der Waals surface area contributed by atoms with Gasteiger partial charge in [0.15, 0.2) is 5.54 Å². The van der Waals surface area contributed by atoms with Crippen molar-refractivity contribution in [3.05, 3.63) is 17.5 Å². The molecular formula is C14H21N3O4. The number of carboxylic acids is 1. The summed E-state index contributed by atoms with van der Waals surface area (Å²) < 4.78 is 6.88. The molecule has 1 aliphatic heterocycles. The predicted octanol–water partition coefficient (Wildman–Crippen LogP) is 0.920. The van der Waals surface area contributed by atoms with Crippen molar-refractivity contribution in [2.75, 3.05) is 13.2 Å². The molecule has 1 saturated heterocycles. The fourth-order valence-corrected chi connectivity index (χ4v) is 2.48. The smallest absolute Gasteiger partial charge is 0.331 e. The SMILES string of the molecule is Cc1c(C(=O)NC2(C(=O)O)CCOC2)cnn1C(C)(C)C. The molecule has 2 heterocycles. The molecule has 0 spiro atoms. The highest BCUT2D eigenvalue weighted by molar-refractivity contribution is 5.98. The number of nitrogens with one attached hydrogen (secondary N) is 1. The van der Waals surface area contributed by atoms with Crippen LogP contribution in [0, 0.1) is 6.92 Å². The monoisotopic (exact) mass is 295 g/mol. The first kappa shape index (κ1) is 15.5. The molecule has 1 fully saturated rings. The number of carbonyl (C=O) groups excluding carboxylic acids is 1. The number of nitrogens with zero attached hydrogens (tertiary/aromatic N) is 2. The molecular weight excluding hydrogens is 274 g/mol. The average molecular weight is 295 g/mol. The van der Waals surface area contributed by atoms with Gasteiger partial charge in [0.05, 0.1) is 23.9 Å². The zero-order valence-corrected chi connectivity index (χ0v) is 12.8. The number of ether oxygens (including phenoxy) is 1. The van der Waals surface area contributed by atoms with Crippen LogP contribution in [0.2, 0.25) is 0 Å². The molecule has 0 aromatic carbocycles. The first-order chi connectivity index (χ1) is 9.67. The Balaban J connectivity index is 2.25. The van der Waals surface area contributed by atoms with Gasteiger partial charge in [0.1, 0.15) is 0 Å². The average Bonchev–Trinajstić information content (AvgIpc) is 2.95. The summed E-state index contributed by atoms with van der Waals surface area (Å²) in [6.07, 6.45) is 1.74. The Bertz CT molecular complexity index is 565. The fraction of sp³-hybridized carbons (Fsp3) is 0.643. The molecule has 116 valence electrons. The number of carboxylic acid groups (broad SMARTS) is 1. The second-order valence-electron chi connectivity index (χ2n) is 6.37. The van der Waals surface area contributed by atoms with Crippen molar-refractivity contribution in [2.45, 2.75) is 45.2 Å². The third-order valence-corrected chi connectivity index (χ3v) is 3.67. The lowest BCUT2D eigenvalue weighted by Crippen LogP contribution is -2.55. The minimum Gasteiger partial charge on any atom is -0.479 e. The molecule has 2 rings (SSSR count). The molecule has 1 unspecified atom stereocenters. The van der Waals surface area contributed by atoms with Gasteiger partial charge in [0, 0.05) is 18.7 Å². The van der Waals surface area contributed by atoms with Crippen LogP contribution in [0.3, 0.4) is 0 Å². The van der Waals surface area contributed by atoms with Gasteiger partial charge in [0.25, 0.3) is 5.91 Å². The number of carbonyl (C=O) groups is 2. The Kier molecular flexibility index (Phi) is 3.79. The van der Waals surface area contributed by atoms with Gasteiger partial charge >= 0.3 is 5.97 Å². The Morgan fingerprint density at radius 2 is 2.14 bits per heavy atom. The highest BCUT2D eigenvalue weighted by atomic mass is 16.5. The summed E-state index contributed by atoms with van der Waals surface area (Å²) >= 11 is 0. The highest BCUT2D eigenvalue weighted by Crippen LogP contribution is 2.22. The summed E-state index contributed by atoms with van der Waals surface area (Å²) in [7, 11) is 0. The molecule has 1 atom stereocenters. The van der Waals surface area contributed by atoms with E-state index in [9.17, 15) is 14.7 Å². The van der Waals surface area contributed by atoms with Crippen LogP contribution in [-0.2, 0) is 15.1 Å². The molecule has 0 radical (unpaired) electrons. The largest absolute Gasteiger partial charge is 0.479 e. The van der Waals surface area contributed by atoms with Crippen LogP contribution in [0.5, 0.6) is 0 Å². The summed E-state index contributed by atoms with van der Waals surface area (Å²) in [5.74, 6) is -1.51. The van der Waals surface area contributed by atoms with Gasteiger partial charge in [-0.15, -0.1) is 0 Å². The van der Waals surface area contributed by atoms with Crippen molar-refractivity contribution >= 4 is 11.9 Å². The van der Waals surface area contributed by atoms with Crippen LogP contribution in [0.25, 0.3) is 0 Å². The van der Waals surface area contributed by atoms with Crippen molar-refractivity contribution in [3.63, 3.8) is 0 Å². The Labute approximate surface area is 123 Å². The van der Waals surface area contributed by atoms with E-state index in [0.29, 0.717) is 17.9 Å². The first-order valence-corrected chi connectivity index (χ1v) is 6.86. The molecule has 1 aliphatic rings. The molecule has 2 N–H and O–H groups in total. The van der Waals surface area contributed by atoms with Crippen LogP contribution < -0.4 is 5.32 Å². The topological polar surface area (TPSA) is 93.5 Å². The van der Waals surface area contributed by atoms with Crippen LogP contribution in [0.4, 0.5) is 0 Å². The minimum atomic E-state index is -1.34. The highest BCUT2D eigenvalue weighted by Gasteiger charge is 2.44. The zero-order valence-electron chi connectivity index (χ0n) is 12.8. The number of hydrogen-bond acceptors (Lipinski definition) is 4. The van der Waals surface area contributed by atoms with Crippen molar-refractivity contribution in [1.82, 2.24) is 15.1 Å². The Morgan fingerprint density at radius 1 is 1.48 bits per heavy atom. The van der Waals surface area contributed by atoms with E-state index in [0.717, 1.165) is 0 Å². The lowest BCUT2D eigenvalue weighted by Gasteiger charge is -2.24. The van der Waals surface area contributed by atoms with E-state index in [2.05, 4.69) is 10.4 Å². The van der Waals surface area contributed by atoms with Gasteiger partial charge in [-0.3, -0.25) is 9.48 Å². The van der Waals surface area contributed by atoms with Gasteiger partial charge in [-0.25, -0.2) is 4.79 Å². The summed E-state index contributed by atoms with van der Waals surface area (Å²) in [5, 5.41) is 16.2. The van der Waals surface area contributed by atoms with Crippen molar-refractivity contribution < 1.29 is 19.4 Å². The maximum absolute atomic E-state index is 12.4. The lowest BCUT2D eigenvalue weighted by molar-refractivity contribution is -0.144. The van der Waals surface area contributed by atoms with Gasteiger partial charge < -0.3 is 15.2 Å². The molecule has 0 aliphatic carbocycles. The minimum absolute atomic E-state index is 0.0134. The van der Waals surface area contributed by atoms with Crippen LogP contribution >= 0.6 is 0 Å². The fourth-order valence-electron chi connectivity index (χ4n) is 2.48. The summed E-state index contributed by atoms with van der Waals surface area (Å²) in [6, 6.07) is 0. The van der Waals surface area contributed by atoms with Crippen LogP contribution in [-0.4, -0.2) is 45.5 Å². The van der Waals surface area contributed by atoms with Crippen molar-refractivity contribution in [2.24, 2.45) is 0 Å². The standard InChI is InChI=1S/C14H21N3O4/c1-9-10(7-15-17(9)13(2,3)4)11(18)16-14(12(19)20)5-6-21-8-14/h7H,5-6,8H2,1-4H3,(H,16,18)(H,19,20). The van der Waals surface area contributed by atoms with Crippen LogP contribution in [0.15, 0.2) is 6.20 Å². The second-order valence-corrected chi connectivity index (χ2v) is 6.37. The Morgan fingerprint density at radius 3 is 2.57 bits per heavy atom. The second kappa shape index (κ2) is 5.14. The summed E-state index contributed by atoms with van der Waals surface area (Å²) in [4.78, 5) is 23.8. The molecule has 1 aromatic heterocycles. The van der Waals surface area contributed by atoms with E-state index in [1.54, 1.807) is 11.6 Å². The molecule has 0 bridgehead atoms. The number of amides is 1. The molecule has 7 heteroatoms. The van der Waals surface area contributed by atoms with Gasteiger partial charge in [-0.1, -0.05) is 0 Å². The quantitative estimate of drug-likeness (QED) is 0.865. The maximum Gasteiger partial charge on any atom is 0.331 e. The molecule has 21 heavy (non-hydrogen) atoms. The van der Waals surface area contributed by atoms with Crippen LogP contribution in [0.1, 0.15) is 43.2 Å². The number of aromatic nitrogens is 2. The van der Waals surface area contributed by atoms with E-state index >= 15 is 0 Å². The van der Waals surface area contributed by atoms with Gasteiger partial charge in [-0.05, 0) is 27.7 Å². The van der Waals surface area contributed by atoms with E-state index in [1.807, 2.05) is 20.8 Å². The molecule has 1 amide bonds. The lowest BCUT2D eigenvalue weighted by atomic mass is 9.98. The summed E-state index contributed by atoms with van der Waals surface area (Å²) in [6.45, 7) is 8.06. The summed E-state index contributed by atoms with van der Waals surface area (Å²) in [5.41, 5.74) is -0.492. The van der Waals surface area contributed by atoms with Crippen molar-refractivity contribution in [1.29, 1.82) is 0 Å². The third kappa shape index (κ3) is 2.78. The van der Waals surface area contributed by atoms with Crippen molar-refractivity contribution in [3.8, 4) is 0 Å². The maximum atomic E-state index is 12.4. The number of rotatable bonds is 3. The van der Waals surface area contributed by atoms with Gasteiger partial charge in [0.2, 0.25) is 0 Å². The van der Waals surface area contributed by atoms with E-state index in [1.165, 1.54) is 6.20 Å². The normalized spacial score (nSPS) is 22.3. The number of aliphatic carboxylic acids is 1. The molecule has 0 saturated carbocycles. The molecule has 7 nitrogen and oxygen atoms in total. The predicted molar refractivity (Wildman–Crippen MR) is 75.2 cm³/mol. The van der Waals surface area contributed by atoms with E-state index in [4.69, 9.17) is 4.74 Å². The molecule has 1 aromatic rings. The zero-order chi connectivity index (χ0) is 15.8. The Hall–Kier alpha value is -1.89. The van der Waals surface area contributed by atoms with Gasteiger partial charge in [-0.2, -0.15) is 5.10 Å². The third-order valence-electron chi connectivity index (χ3n) is 3.67. The first-order valence-electron chi connectivity index (χ1n) is 6.86. The van der Waals surface area contributed by atoms with E-state index in [-0.39, 0.29) is 18.6 Å². The number of hydrogen-bond donors (Lipinski definition) is 2. The van der Waals surface area contributed by atoms with E-state index < -0.39 is 17.4 Å².